The summed E-state index contributed by atoms with van der Waals surface area (Å²) in [5.41, 5.74) is -2.98. The van der Waals surface area contributed by atoms with Gasteiger partial charge in [0.2, 0.25) is 0 Å². The van der Waals surface area contributed by atoms with Gasteiger partial charge in [-0.25, -0.2) is 13.8 Å². The third kappa shape index (κ3) is 12.5. The quantitative estimate of drug-likeness (QED) is 0.0802. The second-order valence-electron chi connectivity index (χ2n) is 14.9. The molecule has 2 atom stereocenters. The topological polar surface area (TPSA) is 170 Å². The van der Waals surface area contributed by atoms with Crippen molar-refractivity contribution in [1.29, 1.82) is 0 Å². The maximum atomic E-state index is 13.8. The van der Waals surface area contributed by atoms with Crippen LogP contribution in [0.25, 0.3) is 10.9 Å². The molecule has 1 heterocycles. The zero-order valence-electron chi connectivity index (χ0n) is 32.9. The second-order valence-corrected chi connectivity index (χ2v) is 20.9. The fourth-order valence-electron chi connectivity index (χ4n) is 5.75. The largest absolute Gasteiger partial charge is 0.492 e. The molecule has 1 aromatic heterocycles. The van der Waals surface area contributed by atoms with Gasteiger partial charge in [0, 0.05) is 11.5 Å². The zero-order chi connectivity index (χ0) is 42.4. The number of fused-ring (bicyclic) bond motifs is 1. The van der Waals surface area contributed by atoms with Gasteiger partial charge in [-0.05, 0) is 89.5 Å². The van der Waals surface area contributed by atoms with Crippen LogP contribution in [0.1, 0.15) is 79.7 Å². The molecule has 0 aliphatic heterocycles. The van der Waals surface area contributed by atoms with Crippen molar-refractivity contribution in [2.45, 2.75) is 104 Å². The van der Waals surface area contributed by atoms with E-state index in [9.17, 15) is 41.4 Å². The number of esters is 1. The van der Waals surface area contributed by atoms with E-state index < -0.39 is 78.8 Å². The number of ether oxygens (including phenoxy) is 3. The Morgan fingerprint density at radius 3 is 2.09 bits per heavy atom. The molecule has 0 aliphatic rings. The Kier molecular flexibility index (Phi) is 15.4. The summed E-state index contributed by atoms with van der Waals surface area (Å²) in [6.07, 6.45) is -8.21. The lowest BCUT2D eigenvalue weighted by atomic mass is 10.1. The minimum absolute atomic E-state index is 0.0179. The number of rotatable bonds is 16. The summed E-state index contributed by atoms with van der Waals surface area (Å²) in [7, 11) is -2.46. The minimum atomic E-state index is -4.90. The first kappa shape index (κ1) is 46.5. The number of nitrogens with zero attached hydrogens (tertiary/aromatic N) is 4. The maximum absolute atomic E-state index is 13.8. The monoisotopic (exact) mass is 850 g/mol. The van der Waals surface area contributed by atoms with Crippen molar-refractivity contribution in [1.82, 2.24) is 14.7 Å². The molecule has 14 nitrogen and oxygen atoms in total. The van der Waals surface area contributed by atoms with Crippen LogP contribution in [0.5, 0.6) is 5.75 Å². The van der Waals surface area contributed by atoms with E-state index in [4.69, 9.17) is 30.2 Å². The third-order valence-electron chi connectivity index (χ3n) is 8.59. The van der Waals surface area contributed by atoms with E-state index in [1.165, 1.54) is 23.1 Å². The molecule has 2 aromatic carbocycles. The molecular formula is C36H50ClF3N4O10SSi. The first-order valence-corrected chi connectivity index (χ1v) is 21.8. The number of carbonyl (C=O) groups excluding carboxylic acids is 2. The number of hydrogen-bond acceptors (Lipinski definition) is 9. The van der Waals surface area contributed by atoms with E-state index in [2.05, 4.69) is 5.10 Å². The van der Waals surface area contributed by atoms with Crippen molar-refractivity contribution < 1.29 is 60.1 Å². The highest BCUT2D eigenvalue weighted by molar-refractivity contribution is 7.80. The van der Waals surface area contributed by atoms with Gasteiger partial charge in [-0.15, -0.1) is 0 Å². The van der Waals surface area contributed by atoms with Crippen LogP contribution in [-0.4, -0.2) is 92.5 Å². The van der Waals surface area contributed by atoms with E-state index in [1.807, 2.05) is 20.8 Å². The van der Waals surface area contributed by atoms with Crippen molar-refractivity contribution in [3.63, 3.8) is 0 Å². The number of halogens is 4. The number of carboxylic acid groups (broad SMARTS) is 1. The Bertz CT molecular complexity index is 1890. The molecule has 0 saturated heterocycles. The number of alkyl halides is 3. The van der Waals surface area contributed by atoms with Gasteiger partial charge in [0.05, 0.1) is 35.4 Å². The summed E-state index contributed by atoms with van der Waals surface area (Å²) >= 11 is 3.84. The summed E-state index contributed by atoms with van der Waals surface area (Å²) in [5, 5.41) is 12.4. The Labute approximate surface area is 332 Å². The highest BCUT2D eigenvalue weighted by Crippen LogP contribution is 2.37. The lowest BCUT2D eigenvalue weighted by Gasteiger charge is -2.37. The Hall–Kier alpha value is -3.91. The van der Waals surface area contributed by atoms with Gasteiger partial charge >= 0.3 is 24.3 Å². The van der Waals surface area contributed by atoms with Crippen molar-refractivity contribution in [3.8, 4) is 5.75 Å². The zero-order valence-corrected chi connectivity index (χ0v) is 35.4. The molecule has 2 unspecified atom stereocenters. The fraction of sp³-hybridized carbons (Fsp3) is 0.556. The van der Waals surface area contributed by atoms with Gasteiger partial charge in [-0.1, -0.05) is 38.4 Å². The number of carbonyl (C=O) groups is 3. The summed E-state index contributed by atoms with van der Waals surface area (Å²) in [6, 6.07) is 10.3. The molecule has 0 fully saturated rings. The first-order chi connectivity index (χ1) is 25.8. The van der Waals surface area contributed by atoms with Crippen LogP contribution >= 0.6 is 11.6 Å². The highest BCUT2D eigenvalue weighted by atomic mass is 35.5. The van der Waals surface area contributed by atoms with Crippen LogP contribution in [-0.2, 0) is 36.1 Å². The van der Waals surface area contributed by atoms with Gasteiger partial charge in [0.15, 0.2) is 14.0 Å². The van der Waals surface area contributed by atoms with Crippen molar-refractivity contribution in [2.24, 2.45) is 0 Å². The van der Waals surface area contributed by atoms with Crippen molar-refractivity contribution in [3.05, 3.63) is 52.7 Å². The Morgan fingerprint density at radius 1 is 0.964 bits per heavy atom. The van der Waals surface area contributed by atoms with Crippen molar-refractivity contribution >= 4 is 65.9 Å². The van der Waals surface area contributed by atoms with Gasteiger partial charge < -0.3 is 28.6 Å². The van der Waals surface area contributed by atoms with Gasteiger partial charge in [0.25, 0.3) is 11.3 Å². The predicted molar refractivity (Wildman–Crippen MR) is 208 cm³/mol. The van der Waals surface area contributed by atoms with Crippen LogP contribution in [0, 0.1) is 0 Å². The Morgan fingerprint density at radius 2 is 1.57 bits per heavy atom. The standard InChI is InChI=1S/C36H50ClF3N4O10SSi/c1-10-56(11-2,12-3)54-29(23-13-16-26(37)28(19-23)43(55(49)50)22-30(45)52-34(4,5)6)21-42(33(48)53-35(7,8)9)17-18-51-24-14-15-25-27(20-24)44(32(46)47)41-31(25)36(38,39)40/h13-16,19-20,29H,10-12,17-18,21-22H2,1-9H3,(H,46,47)(H,49,50). The van der Waals surface area contributed by atoms with E-state index in [-0.39, 0.29) is 46.4 Å². The normalized spacial score (nSPS) is 13.6. The number of amides is 1. The number of aromatic nitrogens is 2. The summed E-state index contributed by atoms with van der Waals surface area (Å²) in [6.45, 7) is 15.1. The van der Waals surface area contributed by atoms with Crippen molar-refractivity contribution in [2.75, 3.05) is 30.5 Å². The molecule has 0 bridgehead atoms. The third-order valence-corrected chi connectivity index (χ3v) is 14.3. The highest BCUT2D eigenvalue weighted by Gasteiger charge is 2.38. The lowest BCUT2D eigenvalue weighted by molar-refractivity contribution is -0.152. The van der Waals surface area contributed by atoms with Crippen LogP contribution in [0.15, 0.2) is 36.4 Å². The van der Waals surface area contributed by atoms with Crippen LogP contribution < -0.4 is 9.04 Å². The summed E-state index contributed by atoms with van der Waals surface area (Å²) in [5.74, 6) is -0.753. The second kappa shape index (κ2) is 18.6. The number of anilines is 1. The molecule has 312 valence electrons. The maximum Gasteiger partial charge on any atom is 0.435 e. The number of benzene rings is 2. The van der Waals surface area contributed by atoms with E-state index in [0.717, 1.165) is 34.6 Å². The summed E-state index contributed by atoms with van der Waals surface area (Å²) in [4.78, 5) is 39.6. The molecule has 0 saturated carbocycles. The molecule has 2 N–H and O–H groups in total. The SMILES string of the molecule is CC[Si](CC)(CC)OC(CN(CCOc1ccc2c(C(F)(F)F)nn(C(=O)O)c2c1)C(=O)OC(C)(C)C)c1ccc(Cl)c(N(CC(=O)OC(C)(C)C)S(=O)O)c1. The molecule has 0 aliphatic carbocycles. The first-order valence-electron chi connectivity index (χ1n) is 17.8. The molecule has 3 aromatic rings. The van der Waals surface area contributed by atoms with Crippen LogP contribution in [0.3, 0.4) is 0 Å². The van der Waals surface area contributed by atoms with Gasteiger partial charge in [-0.2, -0.15) is 23.0 Å². The Balaban J connectivity index is 2.05. The predicted octanol–water partition coefficient (Wildman–Crippen LogP) is 8.90. The number of hydrogen-bond donors (Lipinski definition) is 2. The van der Waals surface area contributed by atoms with Crippen LogP contribution in [0.4, 0.5) is 28.4 Å². The van der Waals surface area contributed by atoms with E-state index in [1.54, 1.807) is 47.6 Å². The molecule has 56 heavy (non-hydrogen) atoms. The smallest absolute Gasteiger partial charge is 0.435 e. The molecule has 1 amide bonds. The minimum Gasteiger partial charge on any atom is -0.492 e. The lowest BCUT2D eigenvalue weighted by Crippen LogP contribution is -2.45. The fourth-order valence-corrected chi connectivity index (χ4v) is 9.37. The average molecular weight is 851 g/mol. The van der Waals surface area contributed by atoms with Crippen LogP contribution in [0.2, 0.25) is 23.2 Å². The molecule has 0 radical (unpaired) electrons. The molecule has 20 heteroatoms. The van der Waals surface area contributed by atoms with Gasteiger partial charge in [-0.3, -0.25) is 13.7 Å². The summed E-state index contributed by atoms with van der Waals surface area (Å²) < 4.78 is 88.6. The molecule has 0 spiro atoms. The van der Waals surface area contributed by atoms with E-state index >= 15 is 0 Å². The molecule has 3 rings (SSSR count). The molecular weight excluding hydrogens is 801 g/mol. The van der Waals surface area contributed by atoms with E-state index in [0.29, 0.717) is 5.56 Å². The van der Waals surface area contributed by atoms with Gasteiger partial charge in [0.1, 0.15) is 30.1 Å². The average Bonchev–Trinajstić information content (AvgIpc) is 3.47.